The van der Waals surface area contributed by atoms with Crippen molar-refractivity contribution in [1.29, 1.82) is 0 Å². The fourth-order valence-electron chi connectivity index (χ4n) is 3.09. The Kier molecular flexibility index (Phi) is 5.71. The Labute approximate surface area is 137 Å². The molecular weight excluding hydrogens is 294 g/mol. The molecule has 1 N–H and O–H groups in total. The van der Waals surface area contributed by atoms with E-state index >= 15 is 0 Å². The van der Waals surface area contributed by atoms with Gasteiger partial charge < -0.3 is 15.0 Å². The van der Waals surface area contributed by atoms with Crippen LogP contribution in [0.15, 0.2) is 18.3 Å². The highest BCUT2D eigenvalue weighted by Gasteiger charge is 2.37. The fourth-order valence-corrected chi connectivity index (χ4v) is 3.09. The number of aromatic nitrogens is 1. The van der Waals surface area contributed by atoms with Crippen LogP contribution in [0.2, 0.25) is 0 Å². The van der Waals surface area contributed by atoms with Gasteiger partial charge in [0.05, 0.1) is 11.2 Å². The number of pyridine rings is 1. The second-order valence-electron chi connectivity index (χ2n) is 6.03. The molecule has 0 unspecified atom stereocenters. The molecule has 0 radical (unpaired) electrons. The van der Waals surface area contributed by atoms with Crippen LogP contribution >= 0.6 is 0 Å². The molecule has 1 aromatic heterocycles. The number of hydrogen-bond acceptors (Lipinski definition) is 4. The predicted octanol–water partition coefficient (Wildman–Crippen LogP) is 1.54. The number of nitrogens with one attached hydrogen (secondary N) is 1. The van der Waals surface area contributed by atoms with E-state index in [0.717, 1.165) is 18.5 Å². The smallest absolute Gasteiger partial charge is 0.255 e. The Hall–Kier alpha value is -1.95. The maximum absolute atomic E-state index is 12.8. The summed E-state index contributed by atoms with van der Waals surface area (Å²) in [5.74, 6) is -0.0235. The number of likely N-dealkylation sites (tertiary alicyclic amines) is 1. The van der Waals surface area contributed by atoms with Crippen LogP contribution in [-0.2, 0) is 9.53 Å². The van der Waals surface area contributed by atoms with Gasteiger partial charge in [0.2, 0.25) is 5.91 Å². The third-order valence-corrected chi connectivity index (χ3v) is 4.58. The largest absolute Gasteiger partial charge is 0.376 e. The molecule has 0 saturated carbocycles. The van der Waals surface area contributed by atoms with Gasteiger partial charge in [0, 0.05) is 45.6 Å². The maximum atomic E-state index is 12.8. The van der Waals surface area contributed by atoms with Crippen molar-refractivity contribution in [3.8, 4) is 0 Å². The molecule has 1 aromatic rings. The minimum absolute atomic E-state index is 0.00650. The third kappa shape index (κ3) is 4.07. The summed E-state index contributed by atoms with van der Waals surface area (Å²) in [5.41, 5.74) is 0.915. The van der Waals surface area contributed by atoms with Crippen molar-refractivity contribution in [3.63, 3.8) is 0 Å². The number of rotatable bonds is 5. The average Bonchev–Trinajstić information content (AvgIpc) is 2.59. The number of carbonyl (C=O) groups is 2. The van der Waals surface area contributed by atoms with Crippen molar-refractivity contribution >= 4 is 11.8 Å². The number of amides is 2. The number of ether oxygens (including phenoxy) is 1. The SMILES string of the molecule is CNC(=O)CC[C@@]1(OC)CCCN(C(=O)c2cccnc2C)C1. The quantitative estimate of drug-likeness (QED) is 0.893. The van der Waals surface area contributed by atoms with Crippen LogP contribution in [0.3, 0.4) is 0 Å². The molecule has 126 valence electrons. The van der Waals surface area contributed by atoms with Crippen molar-refractivity contribution in [2.24, 2.45) is 0 Å². The monoisotopic (exact) mass is 319 g/mol. The van der Waals surface area contributed by atoms with Crippen molar-refractivity contribution in [2.75, 3.05) is 27.2 Å². The van der Waals surface area contributed by atoms with Crippen molar-refractivity contribution < 1.29 is 14.3 Å². The van der Waals surface area contributed by atoms with Crippen molar-refractivity contribution in [1.82, 2.24) is 15.2 Å². The van der Waals surface area contributed by atoms with Crippen LogP contribution in [0.1, 0.15) is 41.7 Å². The zero-order valence-corrected chi connectivity index (χ0v) is 14.1. The highest BCUT2D eigenvalue weighted by molar-refractivity contribution is 5.95. The van der Waals surface area contributed by atoms with Gasteiger partial charge in [-0.2, -0.15) is 0 Å². The molecule has 1 aliphatic heterocycles. The Balaban J connectivity index is 2.11. The number of carbonyl (C=O) groups excluding carboxylic acids is 2. The van der Waals surface area contributed by atoms with Gasteiger partial charge in [-0.05, 0) is 38.3 Å². The lowest BCUT2D eigenvalue weighted by Gasteiger charge is -2.42. The molecule has 0 aromatic carbocycles. The molecular formula is C17H25N3O3. The first kappa shape index (κ1) is 17.4. The summed E-state index contributed by atoms with van der Waals surface area (Å²) in [6, 6.07) is 3.58. The zero-order chi connectivity index (χ0) is 16.9. The van der Waals surface area contributed by atoms with Crippen molar-refractivity contribution in [3.05, 3.63) is 29.6 Å². The molecule has 0 aliphatic carbocycles. The molecule has 1 fully saturated rings. The Morgan fingerprint density at radius 1 is 1.48 bits per heavy atom. The van der Waals surface area contributed by atoms with Gasteiger partial charge in [-0.25, -0.2) is 0 Å². The summed E-state index contributed by atoms with van der Waals surface area (Å²) >= 11 is 0. The summed E-state index contributed by atoms with van der Waals surface area (Å²) in [4.78, 5) is 30.3. The molecule has 6 nitrogen and oxygen atoms in total. The van der Waals surface area contributed by atoms with E-state index in [1.807, 2.05) is 11.8 Å². The average molecular weight is 319 g/mol. The molecule has 0 bridgehead atoms. The molecule has 2 rings (SSSR count). The molecule has 2 heterocycles. The highest BCUT2D eigenvalue weighted by atomic mass is 16.5. The maximum Gasteiger partial charge on any atom is 0.255 e. The van der Waals surface area contributed by atoms with Gasteiger partial charge in [-0.15, -0.1) is 0 Å². The minimum atomic E-state index is -0.448. The molecule has 6 heteroatoms. The first-order valence-electron chi connectivity index (χ1n) is 7.98. The molecule has 1 aliphatic rings. The molecule has 1 saturated heterocycles. The lowest BCUT2D eigenvalue weighted by Crippen LogP contribution is -2.51. The van der Waals surface area contributed by atoms with E-state index in [4.69, 9.17) is 4.74 Å². The van der Waals surface area contributed by atoms with Crippen LogP contribution in [-0.4, -0.2) is 54.5 Å². The third-order valence-electron chi connectivity index (χ3n) is 4.58. The topological polar surface area (TPSA) is 71.5 Å². The lowest BCUT2D eigenvalue weighted by atomic mass is 9.87. The van der Waals surface area contributed by atoms with Gasteiger partial charge in [-0.3, -0.25) is 14.6 Å². The normalized spacial score (nSPS) is 21.1. The zero-order valence-electron chi connectivity index (χ0n) is 14.1. The van der Waals surface area contributed by atoms with E-state index in [0.29, 0.717) is 31.5 Å². The van der Waals surface area contributed by atoms with E-state index in [2.05, 4.69) is 10.3 Å². The minimum Gasteiger partial charge on any atom is -0.376 e. The molecule has 2 amide bonds. The number of aryl methyl sites for hydroxylation is 1. The van der Waals surface area contributed by atoms with E-state index < -0.39 is 5.60 Å². The summed E-state index contributed by atoms with van der Waals surface area (Å²) in [6.45, 7) is 3.05. The Bertz CT molecular complexity index is 576. The van der Waals surface area contributed by atoms with Gasteiger partial charge >= 0.3 is 0 Å². The predicted molar refractivity (Wildman–Crippen MR) is 87.2 cm³/mol. The standard InChI is InChI=1S/C17H25N3O3/c1-13-14(6-4-10-19-13)16(22)20-11-5-8-17(12-20,23-3)9-7-15(21)18-2/h4,6,10H,5,7-9,11-12H2,1-3H3,(H,18,21)/t17-/m0/s1. The van der Waals surface area contributed by atoms with Crippen LogP contribution in [0.25, 0.3) is 0 Å². The van der Waals surface area contributed by atoms with Crippen LogP contribution < -0.4 is 5.32 Å². The van der Waals surface area contributed by atoms with E-state index in [1.165, 1.54) is 0 Å². The number of methoxy groups -OCH3 is 1. The van der Waals surface area contributed by atoms with Gasteiger partial charge in [0.1, 0.15) is 0 Å². The highest BCUT2D eigenvalue weighted by Crippen LogP contribution is 2.30. The van der Waals surface area contributed by atoms with Gasteiger partial charge in [0.15, 0.2) is 0 Å². The van der Waals surface area contributed by atoms with Crippen LogP contribution in [0.5, 0.6) is 0 Å². The molecule has 23 heavy (non-hydrogen) atoms. The summed E-state index contributed by atoms with van der Waals surface area (Å²) in [5, 5.41) is 2.63. The van der Waals surface area contributed by atoms with Crippen LogP contribution in [0, 0.1) is 6.92 Å². The fraction of sp³-hybridized carbons (Fsp3) is 0.588. The first-order valence-corrected chi connectivity index (χ1v) is 7.98. The first-order chi connectivity index (χ1) is 11.0. The van der Waals surface area contributed by atoms with Gasteiger partial charge in [-0.1, -0.05) is 0 Å². The number of hydrogen-bond donors (Lipinski definition) is 1. The van der Waals surface area contributed by atoms with Crippen molar-refractivity contribution in [2.45, 2.75) is 38.2 Å². The Morgan fingerprint density at radius 3 is 2.91 bits per heavy atom. The number of nitrogens with zero attached hydrogens (tertiary/aromatic N) is 2. The number of piperidine rings is 1. The Morgan fingerprint density at radius 2 is 2.26 bits per heavy atom. The second kappa shape index (κ2) is 7.55. The summed E-state index contributed by atoms with van der Waals surface area (Å²) in [6.07, 6.45) is 4.42. The van der Waals surface area contributed by atoms with Gasteiger partial charge in [0.25, 0.3) is 5.91 Å². The summed E-state index contributed by atoms with van der Waals surface area (Å²) in [7, 11) is 3.29. The molecule has 1 atom stereocenters. The van der Waals surface area contributed by atoms with E-state index in [9.17, 15) is 9.59 Å². The summed E-state index contributed by atoms with van der Waals surface area (Å²) < 4.78 is 5.73. The molecule has 0 spiro atoms. The van der Waals surface area contributed by atoms with E-state index in [1.54, 1.807) is 32.5 Å². The second-order valence-corrected chi connectivity index (χ2v) is 6.03. The lowest BCUT2D eigenvalue weighted by molar-refractivity contribution is -0.123. The van der Waals surface area contributed by atoms with Crippen LogP contribution in [0.4, 0.5) is 0 Å². The van der Waals surface area contributed by atoms with E-state index in [-0.39, 0.29) is 11.8 Å².